The fraction of sp³-hybridized carbons (Fsp3) is 0.294. The zero-order chi connectivity index (χ0) is 15.4. The van der Waals surface area contributed by atoms with E-state index in [1.54, 1.807) is 12.1 Å². The molecule has 1 saturated heterocycles. The molecule has 0 amide bonds. The predicted molar refractivity (Wildman–Crippen MR) is 88.9 cm³/mol. The van der Waals surface area contributed by atoms with Crippen LogP contribution in [0.1, 0.15) is 19.3 Å². The lowest BCUT2D eigenvalue weighted by Gasteiger charge is -2.28. The van der Waals surface area contributed by atoms with E-state index in [-0.39, 0.29) is 5.69 Å². The van der Waals surface area contributed by atoms with Gasteiger partial charge in [-0.05, 0) is 55.7 Å². The molecule has 2 aromatic carbocycles. The first-order chi connectivity index (χ1) is 10.7. The summed E-state index contributed by atoms with van der Waals surface area (Å²) in [7, 11) is 0. The summed E-state index contributed by atoms with van der Waals surface area (Å²) in [5.74, 6) is 0. The molecule has 1 aliphatic heterocycles. The maximum Gasteiger partial charge on any atom is 0.269 e. The van der Waals surface area contributed by atoms with E-state index in [9.17, 15) is 10.1 Å². The van der Waals surface area contributed by atoms with E-state index in [0.29, 0.717) is 0 Å². The number of nitro benzene ring substituents is 1. The van der Waals surface area contributed by atoms with Crippen LogP contribution in [0.3, 0.4) is 0 Å². The third kappa shape index (κ3) is 3.36. The molecule has 3 rings (SSSR count). The number of nitrogens with zero attached hydrogens (tertiary/aromatic N) is 2. The number of nitrogens with one attached hydrogen (secondary N) is 1. The van der Waals surface area contributed by atoms with Crippen LogP contribution in [-0.4, -0.2) is 18.0 Å². The van der Waals surface area contributed by atoms with E-state index in [1.807, 2.05) is 12.1 Å². The third-order valence-corrected chi connectivity index (χ3v) is 3.96. The molecule has 1 heterocycles. The van der Waals surface area contributed by atoms with E-state index in [1.165, 1.54) is 37.1 Å². The summed E-state index contributed by atoms with van der Waals surface area (Å²) in [6.07, 6.45) is 3.86. The van der Waals surface area contributed by atoms with Gasteiger partial charge in [0.2, 0.25) is 0 Å². The number of non-ortho nitro benzene ring substituents is 1. The second kappa shape index (κ2) is 6.47. The Kier molecular flexibility index (Phi) is 4.23. The Labute approximate surface area is 129 Å². The van der Waals surface area contributed by atoms with Crippen molar-refractivity contribution in [2.45, 2.75) is 19.3 Å². The van der Waals surface area contributed by atoms with Crippen molar-refractivity contribution in [1.82, 2.24) is 0 Å². The van der Waals surface area contributed by atoms with Crippen LogP contribution in [0.2, 0.25) is 0 Å². The zero-order valence-corrected chi connectivity index (χ0v) is 12.4. The maximum atomic E-state index is 10.6. The van der Waals surface area contributed by atoms with Crippen molar-refractivity contribution in [2.24, 2.45) is 0 Å². The topological polar surface area (TPSA) is 58.4 Å². The van der Waals surface area contributed by atoms with Crippen molar-refractivity contribution in [3.05, 3.63) is 58.6 Å². The zero-order valence-electron chi connectivity index (χ0n) is 12.4. The minimum absolute atomic E-state index is 0.103. The van der Waals surface area contributed by atoms with Gasteiger partial charge in [0.1, 0.15) is 0 Å². The normalized spacial score (nSPS) is 14.6. The lowest BCUT2D eigenvalue weighted by atomic mass is 10.1. The van der Waals surface area contributed by atoms with Crippen LogP contribution in [0.25, 0.3) is 0 Å². The van der Waals surface area contributed by atoms with E-state index in [2.05, 4.69) is 22.3 Å². The van der Waals surface area contributed by atoms with E-state index in [4.69, 9.17) is 0 Å². The van der Waals surface area contributed by atoms with Gasteiger partial charge in [0.25, 0.3) is 5.69 Å². The van der Waals surface area contributed by atoms with Crippen LogP contribution in [0.5, 0.6) is 0 Å². The van der Waals surface area contributed by atoms with Gasteiger partial charge >= 0.3 is 0 Å². The standard InChI is InChI=1S/C17H19N3O2/c21-20(22)17-10-6-15(7-11-17)18-14-4-8-16(9-5-14)19-12-2-1-3-13-19/h4-11,18H,1-3,12-13H2. The first kappa shape index (κ1) is 14.4. The molecule has 1 fully saturated rings. The first-order valence-corrected chi connectivity index (χ1v) is 7.59. The number of hydrogen-bond donors (Lipinski definition) is 1. The number of hydrogen-bond acceptors (Lipinski definition) is 4. The van der Waals surface area contributed by atoms with Crippen molar-refractivity contribution < 1.29 is 4.92 Å². The molecular formula is C17H19N3O2. The van der Waals surface area contributed by atoms with Crippen molar-refractivity contribution >= 4 is 22.7 Å². The largest absolute Gasteiger partial charge is 0.372 e. The Morgan fingerprint density at radius 3 is 1.95 bits per heavy atom. The Hall–Kier alpha value is -2.56. The van der Waals surface area contributed by atoms with Gasteiger partial charge in [-0.15, -0.1) is 0 Å². The van der Waals surface area contributed by atoms with E-state index in [0.717, 1.165) is 24.5 Å². The molecule has 0 radical (unpaired) electrons. The smallest absolute Gasteiger partial charge is 0.269 e. The van der Waals surface area contributed by atoms with Crippen molar-refractivity contribution in [1.29, 1.82) is 0 Å². The Balaban J connectivity index is 1.66. The fourth-order valence-electron chi connectivity index (χ4n) is 2.74. The van der Waals surface area contributed by atoms with Crippen molar-refractivity contribution in [2.75, 3.05) is 23.3 Å². The highest BCUT2D eigenvalue weighted by Crippen LogP contribution is 2.24. The van der Waals surface area contributed by atoms with Crippen LogP contribution in [0.15, 0.2) is 48.5 Å². The number of benzene rings is 2. The molecule has 22 heavy (non-hydrogen) atoms. The average Bonchev–Trinajstić information content (AvgIpc) is 2.57. The summed E-state index contributed by atoms with van der Waals surface area (Å²) < 4.78 is 0. The fourth-order valence-corrected chi connectivity index (χ4v) is 2.74. The molecule has 0 bridgehead atoms. The minimum atomic E-state index is -0.392. The summed E-state index contributed by atoms with van der Waals surface area (Å²) in [6.45, 7) is 2.27. The first-order valence-electron chi connectivity index (χ1n) is 7.59. The van der Waals surface area contributed by atoms with Crippen LogP contribution in [0, 0.1) is 10.1 Å². The molecule has 0 aliphatic carbocycles. The molecule has 1 N–H and O–H groups in total. The van der Waals surface area contributed by atoms with Gasteiger partial charge in [-0.1, -0.05) is 0 Å². The average molecular weight is 297 g/mol. The summed E-state index contributed by atoms with van der Waals surface area (Å²) in [6, 6.07) is 14.8. The van der Waals surface area contributed by atoms with Crippen molar-refractivity contribution in [3.63, 3.8) is 0 Å². The molecule has 5 nitrogen and oxygen atoms in total. The van der Waals surface area contributed by atoms with Gasteiger partial charge in [-0.2, -0.15) is 0 Å². The second-order valence-electron chi connectivity index (χ2n) is 5.52. The molecular weight excluding hydrogens is 278 g/mol. The minimum Gasteiger partial charge on any atom is -0.372 e. The number of rotatable bonds is 4. The molecule has 0 spiro atoms. The molecule has 2 aromatic rings. The molecule has 0 saturated carbocycles. The maximum absolute atomic E-state index is 10.6. The number of piperidine rings is 1. The second-order valence-corrected chi connectivity index (χ2v) is 5.52. The van der Waals surface area contributed by atoms with Crippen molar-refractivity contribution in [3.8, 4) is 0 Å². The number of nitro groups is 1. The van der Waals surface area contributed by atoms with Gasteiger partial charge in [-0.3, -0.25) is 10.1 Å². The third-order valence-electron chi connectivity index (χ3n) is 3.96. The van der Waals surface area contributed by atoms with E-state index < -0.39 is 4.92 Å². The number of anilines is 3. The molecule has 5 heteroatoms. The summed E-state index contributed by atoms with van der Waals surface area (Å²) in [4.78, 5) is 12.7. The monoisotopic (exact) mass is 297 g/mol. The van der Waals surface area contributed by atoms with Gasteiger partial charge in [0.15, 0.2) is 0 Å². The Bertz CT molecular complexity index is 632. The van der Waals surface area contributed by atoms with Crippen LogP contribution < -0.4 is 10.2 Å². The van der Waals surface area contributed by atoms with Gasteiger partial charge < -0.3 is 10.2 Å². The highest BCUT2D eigenvalue weighted by Gasteiger charge is 2.10. The van der Waals surface area contributed by atoms with Crippen LogP contribution in [0.4, 0.5) is 22.7 Å². The van der Waals surface area contributed by atoms with Crippen LogP contribution in [-0.2, 0) is 0 Å². The summed E-state index contributed by atoms with van der Waals surface area (Å²) in [5.41, 5.74) is 3.19. The van der Waals surface area contributed by atoms with Gasteiger partial charge in [-0.25, -0.2) is 0 Å². The Morgan fingerprint density at radius 2 is 1.41 bits per heavy atom. The predicted octanol–water partition coefficient (Wildman–Crippen LogP) is 4.33. The molecule has 0 aromatic heterocycles. The SMILES string of the molecule is O=[N+]([O-])c1ccc(Nc2ccc(N3CCCCC3)cc2)cc1. The van der Waals surface area contributed by atoms with Gasteiger partial charge in [0.05, 0.1) is 4.92 Å². The van der Waals surface area contributed by atoms with Gasteiger partial charge in [0, 0.05) is 42.3 Å². The highest BCUT2D eigenvalue weighted by molar-refractivity contribution is 5.63. The Morgan fingerprint density at radius 1 is 0.864 bits per heavy atom. The molecule has 0 unspecified atom stereocenters. The highest BCUT2D eigenvalue weighted by atomic mass is 16.6. The lowest BCUT2D eigenvalue weighted by Crippen LogP contribution is -2.29. The van der Waals surface area contributed by atoms with Crippen LogP contribution >= 0.6 is 0 Å². The molecule has 114 valence electrons. The quantitative estimate of drug-likeness (QED) is 0.674. The lowest BCUT2D eigenvalue weighted by molar-refractivity contribution is -0.384. The van der Waals surface area contributed by atoms with E-state index >= 15 is 0 Å². The summed E-state index contributed by atoms with van der Waals surface area (Å²) in [5, 5.41) is 13.9. The molecule has 0 atom stereocenters. The summed E-state index contributed by atoms with van der Waals surface area (Å²) >= 11 is 0. The molecule has 1 aliphatic rings.